The maximum absolute atomic E-state index is 13.7. The number of benzene rings is 2. The predicted molar refractivity (Wildman–Crippen MR) is 101 cm³/mol. The van der Waals surface area contributed by atoms with Crippen molar-refractivity contribution in [2.24, 2.45) is 0 Å². The molecule has 0 aromatic heterocycles. The van der Waals surface area contributed by atoms with Crippen molar-refractivity contribution in [3.05, 3.63) is 53.3 Å². The zero-order valence-corrected chi connectivity index (χ0v) is 16.1. The largest absolute Gasteiger partial charge is 0.489 e. The molecule has 0 saturated carbocycles. The van der Waals surface area contributed by atoms with Gasteiger partial charge < -0.3 is 4.74 Å². The van der Waals surface area contributed by atoms with Gasteiger partial charge in [-0.05, 0) is 41.7 Å². The number of nitrogens with zero attached hydrogens (tertiary/aromatic N) is 1. The van der Waals surface area contributed by atoms with Crippen LogP contribution >= 0.6 is 0 Å². The van der Waals surface area contributed by atoms with Gasteiger partial charge in [0.25, 0.3) is 10.0 Å². The number of fused-ring (bicyclic) bond motifs is 1. The first-order chi connectivity index (χ1) is 12.3. The molecule has 0 aliphatic carbocycles. The van der Waals surface area contributed by atoms with Gasteiger partial charge in [0.2, 0.25) is 0 Å². The number of halogens is 1. The van der Waals surface area contributed by atoms with Gasteiger partial charge >= 0.3 is 0 Å². The molecular weight excluding hydrogens is 353 g/mol. The van der Waals surface area contributed by atoms with E-state index in [1.165, 1.54) is 22.5 Å². The summed E-state index contributed by atoms with van der Waals surface area (Å²) in [4.78, 5) is 0.292. The topological polar surface area (TPSA) is 46.6 Å². The summed E-state index contributed by atoms with van der Waals surface area (Å²) in [5.74, 6) is 0.219. The van der Waals surface area contributed by atoms with Crippen LogP contribution in [0.15, 0.2) is 41.3 Å². The average molecular weight is 377 g/mol. The van der Waals surface area contributed by atoms with Crippen LogP contribution < -0.4 is 9.04 Å². The molecule has 2 aromatic rings. The molecule has 1 aliphatic rings. The minimum absolute atomic E-state index is 0.163. The van der Waals surface area contributed by atoms with Gasteiger partial charge in [0.1, 0.15) is 18.2 Å². The lowest BCUT2D eigenvalue weighted by molar-refractivity contribution is 0.315. The first-order valence-electron chi connectivity index (χ1n) is 8.92. The highest BCUT2D eigenvalue weighted by atomic mass is 32.2. The van der Waals surface area contributed by atoms with Crippen LogP contribution in [0.1, 0.15) is 44.2 Å². The number of sulfonamides is 1. The minimum Gasteiger partial charge on any atom is -0.489 e. The van der Waals surface area contributed by atoms with E-state index in [2.05, 4.69) is 13.8 Å². The van der Waals surface area contributed by atoms with E-state index < -0.39 is 15.8 Å². The second-order valence-corrected chi connectivity index (χ2v) is 8.64. The maximum Gasteiger partial charge on any atom is 0.264 e. The smallest absolute Gasteiger partial charge is 0.264 e. The maximum atomic E-state index is 13.7. The Labute approximate surface area is 154 Å². The van der Waals surface area contributed by atoms with Crippen LogP contribution in [0.2, 0.25) is 0 Å². The SMILES string of the molecule is CCCc1cc(C(C)C)ccc1S(=O)(=O)N1CCOc2ccc(F)cc21. The van der Waals surface area contributed by atoms with Crippen LogP contribution in [0.4, 0.5) is 10.1 Å². The quantitative estimate of drug-likeness (QED) is 0.771. The van der Waals surface area contributed by atoms with E-state index in [1.807, 2.05) is 19.1 Å². The van der Waals surface area contributed by atoms with Gasteiger partial charge in [0.05, 0.1) is 17.1 Å². The molecule has 0 amide bonds. The molecule has 6 heteroatoms. The van der Waals surface area contributed by atoms with Gasteiger partial charge in [0.15, 0.2) is 0 Å². The molecule has 4 nitrogen and oxygen atoms in total. The van der Waals surface area contributed by atoms with Crippen LogP contribution in [0.5, 0.6) is 5.75 Å². The van der Waals surface area contributed by atoms with E-state index in [-0.39, 0.29) is 18.8 Å². The lowest BCUT2D eigenvalue weighted by Crippen LogP contribution is -2.38. The number of ether oxygens (including phenoxy) is 1. The fraction of sp³-hybridized carbons (Fsp3) is 0.400. The lowest BCUT2D eigenvalue weighted by Gasteiger charge is -2.31. The van der Waals surface area contributed by atoms with E-state index in [9.17, 15) is 12.8 Å². The van der Waals surface area contributed by atoms with Gasteiger partial charge in [-0.1, -0.05) is 39.3 Å². The summed E-state index contributed by atoms with van der Waals surface area (Å²) < 4.78 is 47.3. The van der Waals surface area contributed by atoms with Crippen molar-refractivity contribution in [3.63, 3.8) is 0 Å². The summed E-state index contributed by atoms with van der Waals surface area (Å²) in [5, 5.41) is 0. The van der Waals surface area contributed by atoms with Crippen molar-refractivity contribution in [1.29, 1.82) is 0 Å². The molecule has 0 unspecified atom stereocenters. The van der Waals surface area contributed by atoms with Crippen LogP contribution in [0, 0.1) is 5.82 Å². The fourth-order valence-corrected chi connectivity index (χ4v) is 4.90. The van der Waals surface area contributed by atoms with Crippen LogP contribution in [-0.2, 0) is 16.4 Å². The molecule has 26 heavy (non-hydrogen) atoms. The van der Waals surface area contributed by atoms with Crippen molar-refractivity contribution in [2.45, 2.75) is 44.4 Å². The molecule has 0 N–H and O–H groups in total. The van der Waals surface area contributed by atoms with E-state index in [0.717, 1.165) is 17.5 Å². The van der Waals surface area contributed by atoms with Crippen LogP contribution in [-0.4, -0.2) is 21.6 Å². The molecule has 0 spiro atoms. The Morgan fingerprint density at radius 3 is 2.65 bits per heavy atom. The van der Waals surface area contributed by atoms with Gasteiger partial charge in [0, 0.05) is 6.07 Å². The predicted octanol–water partition coefficient (Wildman–Crippen LogP) is 4.49. The number of hydrogen-bond acceptors (Lipinski definition) is 3. The highest BCUT2D eigenvalue weighted by Gasteiger charge is 2.32. The summed E-state index contributed by atoms with van der Waals surface area (Å²) in [5.41, 5.74) is 2.18. The van der Waals surface area contributed by atoms with E-state index in [4.69, 9.17) is 4.74 Å². The van der Waals surface area contributed by atoms with Gasteiger partial charge in [-0.15, -0.1) is 0 Å². The number of hydrogen-bond donors (Lipinski definition) is 0. The molecule has 1 heterocycles. The molecule has 0 atom stereocenters. The van der Waals surface area contributed by atoms with Crippen molar-refractivity contribution >= 4 is 15.7 Å². The van der Waals surface area contributed by atoms with Gasteiger partial charge in [-0.3, -0.25) is 4.31 Å². The Morgan fingerprint density at radius 2 is 1.96 bits per heavy atom. The molecule has 0 saturated heterocycles. The zero-order valence-electron chi connectivity index (χ0n) is 15.3. The van der Waals surface area contributed by atoms with Gasteiger partial charge in [-0.2, -0.15) is 0 Å². The third kappa shape index (κ3) is 3.43. The molecule has 0 radical (unpaired) electrons. The Bertz CT molecular complexity index is 909. The summed E-state index contributed by atoms with van der Waals surface area (Å²) in [6.45, 7) is 6.60. The monoisotopic (exact) mass is 377 g/mol. The number of rotatable bonds is 5. The van der Waals surface area contributed by atoms with Gasteiger partial charge in [-0.25, -0.2) is 12.8 Å². The molecule has 2 aromatic carbocycles. The van der Waals surface area contributed by atoms with E-state index in [1.54, 1.807) is 6.07 Å². The third-order valence-corrected chi connectivity index (χ3v) is 6.49. The van der Waals surface area contributed by atoms with E-state index >= 15 is 0 Å². The minimum atomic E-state index is -3.80. The number of anilines is 1. The summed E-state index contributed by atoms with van der Waals surface area (Å²) in [7, 11) is -3.80. The Kier molecular flexibility index (Phi) is 5.23. The first-order valence-corrected chi connectivity index (χ1v) is 10.4. The molecule has 1 aliphatic heterocycles. The first kappa shape index (κ1) is 18.7. The van der Waals surface area contributed by atoms with Crippen molar-refractivity contribution in [1.82, 2.24) is 0 Å². The summed E-state index contributed by atoms with van der Waals surface area (Å²) >= 11 is 0. The Balaban J connectivity index is 2.11. The molecular formula is C20H24FNO3S. The van der Waals surface area contributed by atoms with Crippen LogP contribution in [0.25, 0.3) is 0 Å². The average Bonchev–Trinajstić information content (AvgIpc) is 2.61. The Hall–Kier alpha value is -2.08. The Morgan fingerprint density at radius 1 is 1.19 bits per heavy atom. The second-order valence-electron chi connectivity index (χ2n) is 6.81. The zero-order chi connectivity index (χ0) is 18.9. The third-order valence-electron chi connectivity index (χ3n) is 4.58. The highest BCUT2D eigenvalue weighted by Crippen LogP contribution is 2.37. The second kappa shape index (κ2) is 7.27. The van der Waals surface area contributed by atoms with Crippen molar-refractivity contribution in [2.75, 3.05) is 17.5 Å². The lowest BCUT2D eigenvalue weighted by atomic mass is 9.99. The molecule has 140 valence electrons. The standard InChI is InChI=1S/C20H24FNO3S/c1-4-5-16-12-15(14(2)3)6-9-20(16)26(23,24)22-10-11-25-19-8-7-17(21)13-18(19)22/h6-9,12-14H,4-5,10-11H2,1-3H3. The van der Waals surface area contributed by atoms with E-state index in [0.29, 0.717) is 23.0 Å². The summed E-state index contributed by atoms with van der Waals surface area (Å²) in [6, 6.07) is 9.49. The van der Waals surface area contributed by atoms with Crippen LogP contribution in [0.3, 0.4) is 0 Å². The summed E-state index contributed by atoms with van der Waals surface area (Å²) in [6.07, 6.45) is 1.52. The normalized spacial score (nSPS) is 14.3. The highest BCUT2D eigenvalue weighted by molar-refractivity contribution is 7.92. The van der Waals surface area contributed by atoms with Crippen molar-refractivity contribution < 1.29 is 17.5 Å². The molecule has 0 fully saturated rings. The fourth-order valence-electron chi connectivity index (χ4n) is 3.21. The molecule has 3 rings (SSSR count). The number of aryl methyl sites for hydroxylation is 1. The molecule has 0 bridgehead atoms. The van der Waals surface area contributed by atoms with Crippen molar-refractivity contribution in [3.8, 4) is 5.75 Å².